The van der Waals surface area contributed by atoms with Crippen molar-refractivity contribution in [2.75, 3.05) is 18.4 Å². The van der Waals surface area contributed by atoms with Crippen LogP contribution in [0, 0.1) is 10.1 Å². The van der Waals surface area contributed by atoms with Crippen LogP contribution in [0.5, 0.6) is 0 Å². The van der Waals surface area contributed by atoms with Crippen molar-refractivity contribution in [2.45, 2.75) is 36.8 Å². The summed E-state index contributed by atoms with van der Waals surface area (Å²) >= 11 is 1.28. The highest BCUT2D eigenvalue weighted by atomic mass is 32.2. The van der Waals surface area contributed by atoms with Crippen LogP contribution < -0.4 is 10.0 Å². The Kier molecular flexibility index (Phi) is 7.30. The number of nitro groups is 1. The Labute approximate surface area is 184 Å². The summed E-state index contributed by atoms with van der Waals surface area (Å²) in [5.74, 6) is 0.702. The number of rotatable bonds is 11. The number of aromatic nitrogens is 3. The number of benzene rings is 1. The Balaban J connectivity index is 1.44. The van der Waals surface area contributed by atoms with Crippen LogP contribution in [0.1, 0.15) is 31.2 Å². The van der Waals surface area contributed by atoms with Gasteiger partial charge >= 0.3 is 6.18 Å². The van der Waals surface area contributed by atoms with Gasteiger partial charge in [0.1, 0.15) is 0 Å². The van der Waals surface area contributed by atoms with Crippen LogP contribution in [0.4, 0.5) is 24.8 Å². The molecule has 2 aromatic heterocycles. The van der Waals surface area contributed by atoms with Gasteiger partial charge in [0.25, 0.3) is 5.69 Å². The Morgan fingerprint density at radius 3 is 2.56 bits per heavy atom. The fourth-order valence-electron chi connectivity index (χ4n) is 2.92. The number of imidazole rings is 1. The van der Waals surface area contributed by atoms with Gasteiger partial charge in [0.15, 0.2) is 4.90 Å². The van der Waals surface area contributed by atoms with E-state index in [1.165, 1.54) is 11.5 Å². The number of alkyl halides is 3. The van der Waals surface area contributed by atoms with Crippen molar-refractivity contribution in [3.8, 4) is 0 Å². The summed E-state index contributed by atoms with van der Waals surface area (Å²) in [4.78, 5) is 14.1. The largest absolute Gasteiger partial charge is 0.416 e. The Hall–Kier alpha value is -2.78. The van der Waals surface area contributed by atoms with Gasteiger partial charge in [-0.25, -0.2) is 18.1 Å². The average molecular weight is 493 g/mol. The third-order valence-electron chi connectivity index (χ3n) is 4.50. The van der Waals surface area contributed by atoms with Crippen LogP contribution in [0.2, 0.25) is 0 Å². The van der Waals surface area contributed by atoms with E-state index >= 15 is 0 Å². The number of halogens is 3. The molecule has 0 aliphatic rings. The van der Waals surface area contributed by atoms with E-state index in [2.05, 4.69) is 19.4 Å². The summed E-state index contributed by atoms with van der Waals surface area (Å²) in [6.07, 6.45) is 1.43. The molecule has 0 spiro atoms. The van der Waals surface area contributed by atoms with Gasteiger partial charge in [-0.3, -0.25) is 14.5 Å². The fraction of sp³-hybridized carbons (Fsp3) is 0.412. The number of nitrogens with one attached hydrogen (secondary N) is 2. The predicted molar refractivity (Wildman–Crippen MR) is 111 cm³/mol. The van der Waals surface area contributed by atoms with Gasteiger partial charge in [0, 0.05) is 43.1 Å². The second-order valence-electron chi connectivity index (χ2n) is 6.76. The first-order chi connectivity index (χ1) is 15.1. The number of sulfonamides is 1. The summed E-state index contributed by atoms with van der Waals surface area (Å²) in [5.41, 5.74) is -2.41. The molecule has 0 atom stereocenters. The smallest absolute Gasteiger partial charge is 0.355 e. The molecule has 0 radical (unpaired) electrons. The number of hydrogen-bond acceptors (Lipinski definition) is 8. The monoisotopic (exact) mass is 492 g/mol. The predicted octanol–water partition coefficient (Wildman–Crippen LogP) is 3.67. The lowest BCUT2D eigenvalue weighted by Gasteiger charge is -2.10. The van der Waals surface area contributed by atoms with Gasteiger partial charge < -0.3 is 5.32 Å². The molecule has 10 nitrogen and oxygen atoms in total. The topological polar surface area (TPSA) is 132 Å². The maximum Gasteiger partial charge on any atom is 0.416 e. The highest BCUT2D eigenvalue weighted by Gasteiger charge is 2.35. The fourth-order valence-corrected chi connectivity index (χ4v) is 4.80. The molecule has 2 heterocycles. The van der Waals surface area contributed by atoms with Crippen LogP contribution in [-0.4, -0.2) is 40.2 Å². The first-order valence-corrected chi connectivity index (χ1v) is 11.7. The van der Waals surface area contributed by atoms with Crippen molar-refractivity contribution in [1.29, 1.82) is 0 Å². The number of nitro benzene ring substituents is 1. The van der Waals surface area contributed by atoms with Crippen LogP contribution in [0.3, 0.4) is 0 Å². The molecule has 0 fully saturated rings. The average Bonchev–Trinajstić information content (AvgIpc) is 3.33. The van der Waals surface area contributed by atoms with Gasteiger partial charge in [-0.15, -0.1) is 0 Å². The van der Waals surface area contributed by atoms with E-state index in [1.54, 1.807) is 12.4 Å². The van der Waals surface area contributed by atoms with E-state index < -0.39 is 37.3 Å². The zero-order valence-electron chi connectivity index (χ0n) is 16.5. The van der Waals surface area contributed by atoms with E-state index in [9.17, 15) is 31.7 Å². The van der Waals surface area contributed by atoms with E-state index in [0.29, 0.717) is 37.5 Å². The van der Waals surface area contributed by atoms with E-state index in [4.69, 9.17) is 0 Å². The molecule has 3 rings (SSSR count). The minimum Gasteiger partial charge on any atom is -0.355 e. The zero-order valence-corrected chi connectivity index (χ0v) is 18.1. The lowest BCUT2D eigenvalue weighted by atomic mass is 10.2. The minimum absolute atomic E-state index is 0.00961. The third kappa shape index (κ3) is 5.72. The molecular formula is C17H19F3N6O4S2. The number of anilines is 1. The molecule has 0 saturated heterocycles. The number of nitrogens with zero attached hydrogens (tertiary/aromatic N) is 4. The molecule has 0 saturated carbocycles. The van der Waals surface area contributed by atoms with Crippen LogP contribution in [-0.2, 0) is 16.2 Å². The van der Waals surface area contributed by atoms with Crippen molar-refractivity contribution in [1.82, 2.24) is 18.5 Å². The second-order valence-corrected chi connectivity index (χ2v) is 9.23. The van der Waals surface area contributed by atoms with Gasteiger partial charge in [-0.1, -0.05) is 12.8 Å². The zero-order chi connectivity index (χ0) is 23.4. The van der Waals surface area contributed by atoms with Crippen molar-refractivity contribution < 1.29 is 26.5 Å². The molecule has 0 unspecified atom stereocenters. The van der Waals surface area contributed by atoms with Crippen molar-refractivity contribution in [3.63, 3.8) is 0 Å². The van der Waals surface area contributed by atoms with E-state index in [-0.39, 0.29) is 12.6 Å². The maximum atomic E-state index is 12.8. The van der Waals surface area contributed by atoms with Gasteiger partial charge in [0.2, 0.25) is 20.9 Å². The summed E-state index contributed by atoms with van der Waals surface area (Å²) in [7, 11) is -4.33. The summed E-state index contributed by atoms with van der Waals surface area (Å²) < 4.78 is 71.3. The maximum absolute atomic E-state index is 12.8. The molecule has 174 valence electrons. The lowest BCUT2D eigenvalue weighted by molar-refractivity contribution is -0.388. The molecule has 0 aliphatic carbocycles. The molecular weight excluding hydrogens is 473 g/mol. The highest BCUT2D eigenvalue weighted by Crippen LogP contribution is 2.34. The Bertz CT molecular complexity index is 1190. The van der Waals surface area contributed by atoms with E-state index in [0.717, 1.165) is 17.8 Å². The quantitative estimate of drug-likeness (QED) is 0.237. The molecule has 3 aromatic rings. The molecule has 2 N–H and O–H groups in total. The summed E-state index contributed by atoms with van der Waals surface area (Å²) in [6, 6.07) is 1.33. The number of hydrogen-bond donors (Lipinski definition) is 2. The molecule has 0 amide bonds. The van der Waals surface area contributed by atoms with Gasteiger partial charge in [-0.05, 0) is 25.0 Å². The molecule has 32 heavy (non-hydrogen) atoms. The van der Waals surface area contributed by atoms with Gasteiger partial charge in [-0.2, -0.15) is 17.5 Å². The number of fused-ring (bicyclic) bond motifs is 1. The van der Waals surface area contributed by atoms with E-state index in [1.807, 2.05) is 4.40 Å². The minimum atomic E-state index is -4.82. The van der Waals surface area contributed by atoms with Crippen molar-refractivity contribution in [2.24, 2.45) is 0 Å². The van der Waals surface area contributed by atoms with Crippen LogP contribution >= 0.6 is 11.5 Å². The molecule has 0 aliphatic heterocycles. The molecule has 0 bridgehead atoms. The molecule has 15 heteroatoms. The van der Waals surface area contributed by atoms with Gasteiger partial charge in [0.05, 0.1) is 10.5 Å². The Morgan fingerprint density at radius 1 is 1.16 bits per heavy atom. The van der Waals surface area contributed by atoms with Crippen LogP contribution in [0.25, 0.3) is 4.96 Å². The normalized spacial score (nSPS) is 12.3. The highest BCUT2D eigenvalue weighted by molar-refractivity contribution is 7.89. The SMILES string of the molecule is O=[N+]([O-])c1cc(C(F)(F)F)ccc1S(=O)(=O)NCCCCCCNc1nsc2nccn12. The standard InChI is InChI=1S/C17H19F3N6O4S2/c18-17(19,20)12-5-6-14(13(11-12)26(27)28)32(29,30)23-8-4-2-1-3-7-21-15-24-31-16-22-9-10-25(15)16/h5-6,9-11,23H,1-4,7-8H2,(H,21,24). The van der Waals surface area contributed by atoms with Crippen molar-refractivity contribution >= 4 is 38.2 Å². The van der Waals surface area contributed by atoms with Crippen molar-refractivity contribution in [3.05, 3.63) is 46.3 Å². The summed E-state index contributed by atoms with van der Waals surface area (Å²) in [5, 5.41) is 14.3. The van der Waals surface area contributed by atoms with Crippen LogP contribution in [0.15, 0.2) is 35.5 Å². The second kappa shape index (κ2) is 9.79. The first kappa shape index (κ1) is 23.9. The number of unbranched alkanes of at least 4 members (excludes halogenated alkanes) is 3. The first-order valence-electron chi connectivity index (χ1n) is 9.47. The Morgan fingerprint density at radius 2 is 1.88 bits per heavy atom. The lowest BCUT2D eigenvalue weighted by Crippen LogP contribution is -2.25. The summed E-state index contributed by atoms with van der Waals surface area (Å²) in [6.45, 7) is 0.677. The third-order valence-corrected chi connectivity index (χ3v) is 6.74. The molecule has 1 aromatic carbocycles.